The van der Waals surface area contributed by atoms with Crippen molar-refractivity contribution in [3.8, 4) is 0 Å². The molecule has 0 saturated carbocycles. The molecule has 1 rings (SSSR count). The van der Waals surface area contributed by atoms with Gasteiger partial charge in [0.1, 0.15) is 0 Å². The molecule has 0 amide bonds. The van der Waals surface area contributed by atoms with Crippen molar-refractivity contribution in [2.75, 3.05) is 0 Å². The normalized spacial score (nSPS) is 12.1. The van der Waals surface area contributed by atoms with E-state index in [1.807, 2.05) is 0 Å². The Labute approximate surface area is 74.8 Å². The molecule has 0 bridgehead atoms. The Bertz CT molecular complexity index is 310. The van der Waals surface area contributed by atoms with Crippen LogP contribution in [-0.4, -0.2) is 10.9 Å². The van der Waals surface area contributed by atoms with E-state index in [4.69, 9.17) is 4.89 Å². The van der Waals surface area contributed by atoms with Gasteiger partial charge in [0.25, 0.3) is 0 Å². The summed E-state index contributed by atoms with van der Waals surface area (Å²) in [6.07, 6.45) is 0. The molecule has 1 unspecified atom stereocenters. The van der Waals surface area contributed by atoms with Crippen LogP contribution in [0.2, 0.25) is 0 Å². The van der Waals surface area contributed by atoms with Gasteiger partial charge < -0.3 is 4.89 Å². The molecule has 0 aliphatic heterocycles. The summed E-state index contributed by atoms with van der Waals surface area (Å²) in [5.74, 6) is -0.798. The SMILES string of the molecule is O=C(OO[PH](=O)O)c1ccccc1. The molecule has 0 aliphatic rings. The fourth-order valence-electron chi connectivity index (χ4n) is 0.696. The van der Waals surface area contributed by atoms with E-state index < -0.39 is 14.2 Å². The Morgan fingerprint density at radius 2 is 1.92 bits per heavy atom. The molecule has 1 atom stereocenters. The van der Waals surface area contributed by atoms with Crippen molar-refractivity contribution in [2.24, 2.45) is 0 Å². The lowest BCUT2D eigenvalue weighted by atomic mass is 10.2. The van der Waals surface area contributed by atoms with Gasteiger partial charge in [0.2, 0.25) is 0 Å². The van der Waals surface area contributed by atoms with Gasteiger partial charge in [-0.1, -0.05) is 22.9 Å². The summed E-state index contributed by atoms with van der Waals surface area (Å²) in [7, 11) is -3.23. The molecule has 0 aromatic heterocycles. The van der Waals surface area contributed by atoms with Crippen LogP contribution in [0.1, 0.15) is 10.4 Å². The van der Waals surface area contributed by atoms with Crippen molar-refractivity contribution in [2.45, 2.75) is 0 Å². The van der Waals surface area contributed by atoms with Crippen LogP contribution in [0.25, 0.3) is 0 Å². The van der Waals surface area contributed by atoms with Gasteiger partial charge in [0.05, 0.1) is 5.56 Å². The summed E-state index contributed by atoms with van der Waals surface area (Å²) in [5.41, 5.74) is 0.255. The Hall–Kier alpha value is -1.16. The van der Waals surface area contributed by atoms with Crippen LogP contribution in [0.3, 0.4) is 0 Å². The van der Waals surface area contributed by atoms with Gasteiger partial charge in [0.15, 0.2) is 0 Å². The number of carbonyl (C=O) groups excluding carboxylic acids is 1. The molecule has 0 heterocycles. The van der Waals surface area contributed by atoms with E-state index in [0.29, 0.717) is 0 Å². The van der Waals surface area contributed by atoms with Crippen LogP contribution in [0, 0.1) is 0 Å². The lowest BCUT2D eigenvalue weighted by Crippen LogP contribution is -2.02. The maximum absolute atomic E-state index is 11.0. The number of carbonyl (C=O) groups is 1. The second kappa shape index (κ2) is 4.77. The van der Waals surface area contributed by atoms with Crippen LogP contribution in [0.4, 0.5) is 0 Å². The number of rotatable bonds is 3. The molecule has 1 N–H and O–H groups in total. The molecular formula is C7H7O5P. The van der Waals surface area contributed by atoms with Crippen molar-refractivity contribution in [1.29, 1.82) is 0 Å². The Morgan fingerprint density at radius 1 is 1.31 bits per heavy atom. The minimum Gasteiger partial charge on any atom is -0.324 e. The lowest BCUT2D eigenvalue weighted by Gasteiger charge is -1.98. The molecule has 1 aromatic carbocycles. The Balaban J connectivity index is 2.54. The van der Waals surface area contributed by atoms with Gasteiger partial charge in [-0.2, -0.15) is 0 Å². The summed E-state index contributed by atoms with van der Waals surface area (Å²) in [4.78, 5) is 23.2. The van der Waals surface area contributed by atoms with Gasteiger partial charge in [0, 0.05) is 0 Å². The first-order valence-electron chi connectivity index (χ1n) is 3.37. The van der Waals surface area contributed by atoms with Gasteiger partial charge in [-0.15, -0.1) is 0 Å². The third-order valence-electron chi connectivity index (χ3n) is 1.20. The van der Waals surface area contributed by atoms with E-state index in [-0.39, 0.29) is 5.56 Å². The maximum atomic E-state index is 11.0. The molecule has 70 valence electrons. The van der Waals surface area contributed by atoms with Crippen LogP contribution in [-0.2, 0) is 14.1 Å². The third-order valence-corrected chi connectivity index (χ3v) is 1.42. The molecule has 0 radical (unpaired) electrons. The fourth-order valence-corrected chi connectivity index (χ4v) is 0.843. The molecule has 0 fully saturated rings. The van der Waals surface area contributed by atoms with Crippen molar-refractivity contribution in [1.82, 2.24) is 0 Å². The standard InChI is InChI=1S/C7H7O5P/c8-7(11-12-13(9)10)6-4-2-1-3-5-6/h1-5,13H,(H,9,10). The van der Waals surface area contributed by atoms with E-state index in [2.05, 4.69) is 9.56 Å². The summed E-state index contributed by atoms with van der Waals surface area (Å²) >= 11 is 0. The number of benzene rings is 1. The first-order valence-corrected chi connectivity index (χ1v) is 4.63. The van der Waals surface area contributed by atoms with E-state index >= 15 is 0 Å². The predicted octanol–water partition coefficient (Wildman–Crippen LogP) is 1.16. The van der Waals surface area contributed by atoms with E-state index in [1.165, 1.54) is 12.1 Å². The van der Waals surface area contributed by atoms with E-state index in [1.54, 1.807) is 18.2 Å². The molecule has 0 spiro atoms. The van der Waals surface area contributed by atoms with Crippen molar-refractivity contribution in [3.05, 3.63) is 35.9 Å². The first-order chi connectivity index (χ1) is 6.20. The van der Waals surface area contributed by atoms with Gasteiger partial charge in [-0.25, -0.2) is 4.79 Å². The predicted molar refractivity (Wildman–Crippen MR) is 44.2 cm³/mol. The van der Waals surface area contributed by atoms with Crippen molar-refractivity contribution in [3.63, 3.8) is 0 Å². The smallest absolute Gasteiger partial charge is 0.324 e. The van der Waals surface area contributed by atoms with Gasteiger partial charge in [-0.05, 0) is 12.1 Å². The summed E-state index contributed by atoms with van der Waals surface area (Å²) in [5, 5.41) is 0. The zero-order valence-electron chi connectivity index (χ0n) is 6.47. The van der Waals surface area contributed by atoms with Gasteiger partial charge >= 0.3 is 14.2 Å². The average molecular weight is 202 g/mol. The van der Waals surface area contributed by atoms with E-state index in [0.717, 1.165) is 0 Å². The fraction of sp³-hybridized carbons (Fsp3) is 0. The first kappa shape index (κ1) is 9.92. The highest BCUT2D eigenvalue weighted by molar-refractivity contribution is 7.31. The zero-order valence-corrected chi connectivity index (χ0v) is 7.47. The minimum absolute atomic E-state index is 0.255. The highest BCUT2D eigenvalue weighted by Crippen LogP contribution is 2.15. The third kappa shape index (κ3) is 3.38. The van der Waals surface area contributed by atoms with Crippen molar-refractivity contribution >= 4 is 14.2 Å². The lowest BCUT2D eigenvalue weighted by molar-refractivity contribution is -0.150. The monoisotopic (exact) mass is 202 g/mol. The maximum Gasteiger partial charge on any atom is 0.373 e. The van der Waals surface area contributed by atoms with Crippen LogP contribution >= 0.6 is 8.25 Å². The topological polar surface area (TPSA) is 72.8 Å². The molecule has 6 heteroatoms. The minimum atomic E-state index is -3.23. The number of hydrogen-bond acceptors (Lipinski definition) is 4. The van der Waals surface area contributed by atoms with Crippen LogP contribution < -0.4 is 0 Å². The molecule has 0 aliphatic carbocycles. The zero-order chi connectivity index (χ0) is 9.68. The van der Waals surface area contributed by atoms with Crippen molar-refractivity contribution < 1.29 is 23.8 Å². The molecule has 13 heavy (non-hydrogen) atoms. The van der Waals surface area contributed by atoms with Crippen LogP contribution in [0.15, 0.2) is 30.3 Å². The quantitative estimate of drug-likeness (QED) is 0.452. The second-order valence-electron chi connectivity index (χ2n) is 2.09. The largest absolute Gasteiger partial charge is 0.373 e. The highest BCUT2D eigenvalue weighted by atomic mass is 31.1. The summed E-state index contributed by atoms with van der Waals surface area (Å²) < 4.78 is 13.8. The molecule has 0 saturated heterocycles. The Morgan fingerprint density at radius 3 is 2.46 bits per heavy atom. The van der Waals surface area contributed by atoms with Crippen LogP contribution in [0.5, 0.6) is 0 Å². The molecular weight excluding hydrogens is 195 g/mol. The Kier molecular flexibility index (Phi) is 3.64. The summed E-state index contributed by atoms with van der Waals surface area (Å²) in [6.45, 7) is 0. The number of hydrogen-bond donors (Lipinski definition) is 1. The second-order valence-corrected chi connectivity index (χ2v) is 2.78. The summed E-state index contributed by atoms with van der Waals surface area (Å²) in [6, 6.07) is 8.00. The van der Waals surface area contributed by atoms with E-state index in [9.17, 15) is 9.36 Å². The highest BCUT2D eigenvalue weighted by Gasteiger charge is 2.07. The van der Waals surface area contributed by atoms with Gasteiger partial charge in [-0.3, -0.25) is 9.45 Å². The average Bonchev–Trinajstić information content (AvgIpc) is 2.15. The molecule has 5 nitrogen and oxygen atoms in total. The molecule has 1 aromatic rings.